The molecule has 1 N–H and O–H groups in total. The Kier molecular flexibility index (Phi) is 4.82. The molecule has 0 aliphatic rings. The Morgan fingerprint density at radius 3 is 2.93 bits per heavy atom. The number of rotatable bonds is 6. The number of unbranched alkanes of at least 4 members (excludes halogenated alkanes) is 1. The molecule has 80 valence electrons. The van der Waals surface area contributed by atoms with E-state index in [4.69, 9.17) is 17.0 Å². The van der Waals surface area contributed by atoms with Crippen LogP contribution < -0.4 is 0 Å². The average Bonchev–Trinajstić information content (AvgIpc) is 2.51. The minimum Gasteiger partial charge on any atom is -0.379 e. The van der Waals surface area contributed by atoms with Crippen LogP contribution in [0.25, 0.3) is 0 Å². The van der Waals surface area contributed by atoms with Crippen LogP contribution in [0.2, 0.25) is 0 Å². The van der Waals surface area contributed by atoms with E-state index in [0.29, 0.717) is 10.9 Å². The van der Waals surface area contributed by atoms with Crippen molar-refractivity contribution >= 4 is 12.2 Å². The molecule has 0 radical (unpaired) electrons. The fourth-order valence-corrected chi connectivity index (χ4v) is 1.32. The number of nitrogens with one attached hydrogen (secondary N) is 1. The molecule has 0 aliphatic carbocycles. The summed E-state index contributed by atoms with van der Waals surface area (Å²) in [6.07, 6.45) is 4.18. The maximum atomic E-state index is 5.43. The Hall–Kier alpha value is -0.680. The molecule has 14 heavy (non-hydrogen) atoms. The van der Waals surface area contributed by atoms with E-state index < -0.39 is 0 Å². The Bertz CT molecular complexity index is 305. The molecule has 0 saturated carbocycles. The Labute approximate surface area is 89.3 Å². The van der Waals surface area contributed by atoms with Crippen LogP contribution in [0.3, 0.4) is 0 Å². The minimum atomic E-state index is 0.325. The van der Waals surface area contributed by atoms with Crippen molar-refractivity contribution in [3.63, 3.8) is 0 Å². The molecule has 0 aliphatic heterocycles. The van der Waals surface area contributed by atoms with E-state index in [-0.39, 0.29) is 0 Å². The van der Waals surface area contributed by atoms with Gasteiger partial charge >= 0.3 is 0 Å². The topological polar surface area (TPSA) is 42.8 Å². The molecular formula is C9H17N3OS. The van der Waals surface area contributed by atoms with Gasteiger partial charge in [0, 0.05) is 13.2 Å². The zero-order chi connectivity index (χ0) is 10.4. The minimum absolute atomic E-state index is 0.325. The van der Waals surface area contributed by atoms with Crippen LogP contribution in [-0.4, -0.2) is 27.5 Å². The van der Waals surface area contributed by atoms with Gasteiger partial charge in [-0.05, 0) is 38.9 Å². The Balaban J connectivity index is 2.11. The molecule has 0 bridgehead atoms. The molecule has 0 fully saturated rings. The van der Waals surface area contributed by atoms with Gasteiger partial charge in [-0.1, -0.05) is 0 Å². The maximum Gasteiger partial charge on any atom is 0.194 e. The number of ether oxygens (including phenoxy) is 1. The SMILES string of the molecule is CC(C)OCCCCn1cn[nH]c1=S. The lowest BCUT2D eigenvalue weighted by molar-refractivity contribution is 0.0754. The average molecular weight is 215 g/mol. The van der Waals surface area contributed by atoms with Crippen LogP contribution in [0.15, 0.2) is 6.33 Å². The van der Waals surface area contributed by atoms with Crippen LogP contribution in [0.5, 0.6) is 0 Å². The van der Waals surface area contributed by atoms with Gasteiger partial charge in [0.05, 0.1) is 6.10 Å². The van der Waals surface area contributed by atoms with Gasteiger partial charge in [-0.2, -0.15) is 5.10 Å². The predicted molar refractivity (Wildman–Crippen MR) is 57.7 cm³/mol. The van der Waals surface area contributed by atoms with Gasteiger partial charge in [0.25, 0.3) is 0 Å². The summed E-state index contributed by atoms with van der Waals surface area (Å²) < 4.78 is 8.06. The quantitative estimate of drug-likeness (QED) is 0.584. The van der Waals surface area contributed by atoms with Crippen LogP contribution in [0.4, 0.5) is 0 Å². The van der Waals surface area contributed by atoms with Crippen molar-refractivity contribution in [2.45, 2.75) is 39.3 Å². The number of aromatic amines is 1. The van der Waals surface area contributed by atoms with Crippen molar-refractivity contribution in [2.75, 3.05) is 6.61 Å². The lowest BCUT2D eigenvalue weighted by Crippen LogP contribution is -2.05. The van der Waals surface area contributed by atoms with E-state index in [0.717, 1.165) is 26.0 Å². The van der Waals surface area contributed by atoms with Crippen LogP contribution in [-0.2, 0) is 11.3 Å². The molecule has 0 aromatic carbocycles. The summed E-state index contributed by atoms with van der Waals surface area (Å²) in [6.45, 7) is 5.83. The molecule has 4 nitrogen and oxygen atoms in total. The number of hydrogen-bond donors (Lipinski definition) is 1. The van der Waals surface area contributed by atoms with Gasteiger partial charge in [0.15, 0.2) is 4.77 Å². The van der Waals surface area contributed by atoms with E-state index in [1.165, 1.54) is 0 Å². The third-order valence-corrected chi connectivity index (χ3v) is 2.19. The fraction of sp³-hybridized carbons (Fsp3) is 0.778. The number of nitrogens with zero attached hydrogens (tertiary/aromatic N) is 2. The van der Waals surface area contributed by atoms with Crippen molar-refractivity contribution < 1.29 is 4.74 Å². The highest BCUT2D eigenvalue weighted by Crippen LogP contribution is 1.98. The van der Waals surface area contributed by atoms with Gasteiger partial charge < -0.3 is 9.30 Å². The molecule has 1 aromatic rings. The molecule has 0 unspecified atom stereocenters. The first-order valence-electron chi connectivity index (χ1n) is 4.91. The second-order valence-electron chi connectivity index (χ2n) is 3.48. The van der Waals surface area contributed by atoms with Crippen LogP contribution in [0.1, 0.15) is 26.7 Å². The maximum absolute atomic E-state index is 5.43. The third-order valence-electron chi connectivity index (χ3n) is 1.86. The van der Waals surface area contributed by atoms with E-state index in [1.54, 1.807) is 6.33 Å². The number of H-pyrrole nitrogens is 1. The first-order chi connectivity index (χ1) is 6.70. The first-order valence-corrected chi connectivity index (χ1v) is 5.32. The molecule has 5 heteroatoms. The number of aryl methyl sites for hydroxylation is 1. The summed E-state index contributed by atoms with van der Waals surface area (Å²) in [5.41, 5.74) is 0. The number of aromatic nitrogens is 3. The van der Waals surface area contributed by atoms with Crippen molar-refractivity contribution in [1.82, 2.24) is 14.8 Å². The molecule has 1 rings (SSSR count). The standard InChI is InChI=1S/C9H17N3OS/c1-8(2)13-6-4-3-5-12-7-10-11-9(12)14/h7-8H,3-6H2,1-2H3,(H,11,14). The second kappa shape index (κ2) is 5.93. The Morgan fingerprint density at radius 2 is 2.36 bits per heavy atom. The zero-order valence-corrected chi connectivity index (χ0v) is 9.51. The molecule has 1 heterocycles. The highest BCUT2D eigenvalue weighted by molar-refractivity contribution is 7.71. The highest BCUT2D eigenvalue weighted by Gasteiger charge is 1.95. The van der Waals surface area contributed by atoms with E-state index in [9.17, 15) is 0 Å². The van der Waals surface area contributed by atoms with Crippen LogP contribution in [0, 0.1) is 4.77 Å². The Morgan fingerprint density at radius 1 is 1.57 bits per heavy atom. The third kappa shape index (κ3) is 4.02. The van der Waals surface area contributed by atoms with Crippen molar-refractivity contribution in [3.05, 3.63) is 11.1 Å². The summed E-state index contributed by atoms with van der Waals surface area (Å²) in [7, 11) is 0. The molecular weight excluding hydrogens is 198 g/mol. The van der Waals surface area contributed by atoms with Gasteiger partial charge in [-0.3, -0.25) is 5.10 Å². The summed E-state index contributed by atoms with van der Waals surface area (Å²) in [5.74, 6) is 0. The van der Waals surface area contributed by atoms with E-state index in [1.807, 2.05) is 18.4 Å². The lowest BCUT2D eigenvalue weighted by atomic mass is 10.3. The van der Waals surface area contributed by atoms with Crippen LogP contribution >= 0.6 is 12.2 Å². The van der Waals surface area contributed by atoms with Crippen molar-refractivity contribution in [3.8, 4) is 0 Å². The summed E-state index contributed by atoms with van der Waals surface area (Å²) in [5, 5.41) is 6.58. The fourth-order valence-electron chi connectivity index (χ4n) is 1.13. The molecule has 0 spiro atoms. The van der Waals surface area contributed by atoms with E-state index >= 15 is 0 Å². The first kappa shape index (κ1) is 11.4. The largest absolute Gasteiger partial charge is 0.379 e. The molecule has 1 aromatic heterocycles. The number of hydrogen-bond acceptors (Lipinski definition) is 3. The smallest absolute Gasteiger partial charge is 0.194 e. The predicted octanol–water partition coefficient (Wildman–Crippen LogP) is 2.15. The summed E-state index contributed by atoms with van der Waals surface area (Å²) >= 11 is 5.02. The monoisotopic (exact) mass is 215 g/mol. The lowest BCUT2D eigenvalue weighted by Gasteiger charge is -2.06. The van der Waals surface area contributed by atoms with E-state index in [2.05, 4.69) is 10.2 Å². The summed E-state index contributed by atoms with van der Waals surface area (Å²) in [4.78, 5) is 0. The van der Waals surface area contributed by atoms with Crippen molar-refractivity contribution in [1.29, 1.82) is 0 Å². The summed E-state index contributed by atoms with van der Waals surface area (Å²) in [6, 6.07) is 0. The van der Waals surface area contributed by atoms with Gasteiger partial charge in [0.2, 0.25) is 0 Å². The molecule has 0 saturated heterocycles. The normalized spacial score (nSPS) is 11.1. The molecule has 0 atom stereocenters. The second-order valence-corrected chi connectivity index (χ2v) is 3.87. The van der Waals surface area contributed by atoms with Gasteiger partial charge in [0.1, 0.15) is 6.33 Å². The zero-order valence-electron chi connectivity index (χ0n) is 8.69. The van der Waals surface area contributed by atoms with Crippen molar-refractivity contribution in [2.24, 2.45) is 0 Å². The van der Waals surface area contributed by atoms with Gasteiger partial charge in [-0.25, -0.2) is 0 Å². The highest BCUT2D eigenvalue weighted by atomic mass is 32.1. The molecule has 0 amide bonds. The van der Waals surface area contributed by atoms with Gasteiger partial charge in [-0.15, -0.1) is 0 Å².